The van der Waals surface area contributed by atoms with Crippen LogP contribution in [0.15, 0.2) is 12.3 Å². The summed E-state index contributed by atoms with van der Waals surface area (Å²) in [5.41, 5.74) is 0.0635. The summed E-state index contributed by atoms with van der Waals surface area (Å²) in [6.45, 7) is 5.93. The molecular weight excluding hydrogens is 315 g/mol. The van der Waals surface area contributed by atoms with Gasteiger partial charge in [-0.25, -0.2) is 4.98 Å². The number of nitrogens with zero attached hydrogens (tertiary/aromatic N) is 1. The number of carboxylic acid groups (broad SMARTS) is 1. The second-order valence-electron chi connectivity index (χ2n) is 6.02. The first-order valence-corrected chi connectivity index (χ1v) is 7.18. The SMILES string of the molecule is CC(C)(C)CC(CC(=O)O)NC(=O)c1cc(Cl)ncc1Cl. The molecule has 5 nitrogen and oxygen atoms in total. The standard InChI is InChI=1S/C14H18Cl2N2O3/c1-14(2,3)6-8(4-12(19)20)18-13(21)9-5-11(16)17-7-10(9)15/h5,7-8H,4,6H2,1-3H3,(H,18,21)(H,19,20). The maximum Gasteiger partial charge on any atom is 0.305 e. The average Bonchev–Trinajstić information content (AvgIpc) is 2.28. The maximum absolute atomic E-state index is 12.2. The molecule has 1 rings (SSSR count). The number of pyridine rings is 1. The zero-order chi connectivity index (χ0) is 16.2. The van der Waals surface area contributed by atoms with Crippen molar-refractivity contribution < 1.29 is 14.7 Å². The number of aliphatic carboxylic acids is 1. The zero-order valence-corrected chi connectivity index (χ0v) is 13.6. The first-order valence-electron chi connectivity index (χ1n) is 6.42. The molecule has 1 heterocycles. The molecule has 0 saturated carbocycles. The molecule has 0 saturated heterocycles. The van der Waals surface area contributed by atoms with Gasteiger partial charge in [-0.15, -0.1) is 0 Å². The molecule has 116 valence electrons. The van der Waals surface area contributed by atoms with Gasteiger partial charge in [0.25, 0.3) is 5.91 Å². The van der Waals surface area contributed by atoms with Gasteiger partial charge in [0, 0.05) is 12.2 Å². The Hall–Kier alpha value is -1.33. The van der Waals surface area contributed by atoms with Crippen LogP contribution in [0.3, 0.4) is 0 Å². The fraction of sp³-hybridized carbons (Fsp3) is 0.500. The van der Waals surface area contributed by atoms with Crippen LogP contribution in [0.5, 0.6) is 0 Å². The Kier molecular flexibility index (Phi) is 5.98. The van der Waals surface area contributed by atoms with Gasteiger partial charge in [-0.1, -0.05) is 44.0 Å². The molecule has 0 radical (unpaired) electrons. The van der Waals surface area contributed by atoms with Crippen LogP contribution < -0.4 is 5.32 Å². The van der Waals surface area contributed by atoms with E-state index in [4.69, 9.17) is 28.3 Å². The predicted molar refractivity (Wildman–Crippen MR) is 81.8 cm³/mol. The Morgan fingerprint density at radius 3 is 2.52 bits per heavy atom. The lowest BCUT2D eigenvalue weighted by molar-refractivity contribution is -0.137. The summed E-state index contributed by atoms with van der Waals surface area (Å²) in [5, 5.41) is 12.0. The molecule has 0 aliphatic rings. The molecule has 0 aliphatic carbocycles. The summed E-state index contributed by atoms with van der Waals surface area (Å²) in [4.78, 5) is 26.9. The molecule has 2 N–H and O–H groups in total. The van der Waals surface area contributed by atoms with Gasteiger partial charge in [-0.2, -0.15) is 0 Å². The number of rotatable bonds is 5. The van der Waals surface area contributed by atoms with E-state index in [0.717, 1.165) is 0 Å². The molecule has 0 spiro atoms. The van der Waals surface area contributed by atoms with Crippen molar-refractivity contribution in [3.63, 3.8) is 0 Å². The van der Waals surface area contributed by atoms with Gasteiger partial charge in [0.1, 0.15) is 5.15 Å². The molecule has 7 heteroatoms. The topological polar surface area (TPSA) is 79.3 Å². The molecule has 1 aromatic rings. The highest BCUT2D eigenvalue weighted by Gasteiger charge is 2.24. The van der Waals surface area contributed by atoms with Crippen LogP contribution in [-0.4, -0.2) is 28.0 Å². The summed E-state index contributed by atoms with van der Waals surface area (Å²) in [7, 11) is 0. The Bertz CT molecular complexity index is 542. The van der Waals surface area contributed by atoms with E-state index in [1.165, 1.54) is 12.3 Å². The molecule has 21 heavy (non-hydrogen) atoms. The number of carboxylic acids is 1. The predicted octanol–water partition coefficient (Wildman–Crippen LogP) is 3.40. The fourth-order valence-electron chi connectivity index (χ4n) is 1.97. The molecule has 0 aromatic carbocycles. The van der Waals surface area contributed by atoms with E-state index in [2.05, 4.69) is 10.3 Å². The van der Waals surface area contributed by atoms with Gasteiger partial charge >= 0.3 is 5.97 Å². The number of hydrogen-bond donors (Lipinski definition) is 2. The van der Waals surface area contributed by atoms with Crippen LogP contribution in [-0.2, 0) is 4.79 Å². The zero-order valence-electron chi connectivity index (χ0n) is 12.1. The highest BCUT2D eigenvalue weighted by Crippen LogP contribution is 2.23. The smallest absolute Gasteiger partial charge is 0.305 e. The normalized spacial score (nSPS) is 12.8. The minimum Gasteiger partial charge on any atom is -0.481 e. The maximum atomic E-state index is 12.2. The van der Waals surface area contributed by atoms with E-state index in [-0.39, 0.29) is 27.6 Å². The van der Waals surface area contributed by atoms with E-state index in [0.29, 0.717) is 6.42 Å². The number of carbonyl (C=O) groups is 2. The molecule has 1 atom stereocenters. The van der Waals surface area contributed by atoms with Crippen molar-refractivity contribution in [3.8, 4) is 0 Å². The highest BCUT2D eigenvalue weighted by molar-refractivity contribution is 6.35. The number of hydrogen-bond acceptors (Lipinski definition) is 3. The van der Waals surface area contributed by atoms with Crippen molar-refractivity contribution in [2.45, 2.75) is 39.7 Å². The number of aromatic nitrogens is 1. The average molecular weight is 333 g/mol. The van der Waals surface area contributed by atoms with Gasteiger partial charge in [-0.05, 0) is 17.9 Å². The highest BCUT2D eigenvalue weighted by atomic mass is 35.5. The summed E-state index contributed by atoms with van der Waals surface area (Å²) < 4.78 is 0. The van der Waals surface area contributed by atoms with Crippen molar-refractivity contribution >= 4 is 35.1 Å². The number of nitrogens with one attached hydrogen (secondary N) is 1. The van der Waals surface area contributed by atoms with Gasteiger partial charge in [0.15, 0.2) is 0 Å². The summed E-state index contributed by atoms with van der Waals surface area (Å²) in [6.07, 6.45) is 1.66. The third-order valence-corrected chi connectivity index (χ3v) is 3.19. The lowest BCUT2D eigenvalue weighted by Crippen LogP contribution is -2.39. The van der Waals surface area contributed by atoms with Gasteiger partial charge in [-0.3, -0.25) is 9.59 Å². The lowest BCUT2D eigenvalue weighted by atomic mass is 9.87. The Balaban J connectivity index is 2.89. The Morgan fingerprint density at radius 1 is 1.38 bits per heavy atom. The quantitative estimate of drug-likeness (QED) is 0.810. The van der Waals surface area contributed by atoms with Crippen LogP contribution >= 0.6 is 23.2 Å². The molecule has 0 aliphatic heterocycles. The van der Waals surface area contributed by atoms with Crippen molar-refractivity contribution in [3.05, 3.63) is 28.0 Å². The minimum absolute atomic E-state index is 0.118. The van der Waals surface area contributed by atoms with Crippen LogP contribution in [0.1, 0.15) is 44.0 Å². The minimum atomic E-state index is -0.969. The molecule has 0 fully saturated rings. The van der Waals surface area contributed by atoms with Crippen LogP contribution in [0.2, 0.25) is 10.2 Å². The Morgan fingerprint density at radius 2 is 2.00 bits per heavy atom. The van der Waals surface area contributed by atoms with E-state index < -0.39 is 17.9 Å². The Labute approximate surface area is 133 Å². The number of halogens is 2. The largest absolute Gasteiger partial charge is 0.481 e. The second-order valence-corrected chi connectivity index (χ2v) is 6.81. The summed E-state index contributed by atoms with van der Waals surface area (Å²) in [5.74, 6) is -1.43. The van der Waals surface area contributed by atoms with Gasteiger partial charge < -0.3 is 10.4 Å². The van der Waals surface area contributed by atoms with Crippen LogP contribution in [0, 0.1) is 5.41 Å². The van der Waals surface area contributed by atoms with Gasteiger partial charge in [0.2, 0.25) is 0 Å². The first-order chi connectivity index (χ1) is 9.58. The van der Waals surface area contributed by atoms with E-state index in [1.807, 2.05) is 20.8 Å². The fourth-order valence-corrected chi connectivity index (χ4v) is 2.32. The summed E-state index contributed by atoms with van der Waals surface area (Å²) in [6, 6.07) is 0.867. The third-order valence-electron chi connectivity index (χ3n) is 2.68. The van der Waals surface area contributed by atoms with Crippen LogP contribution in [0.4, 0.5) is 0 Å². The van der Waals surface area contributed by atoms with E-state index in [1.54, 1.807) is 0 Å². The first kappa shape index (κ1) is 17.7. The van der Waals surface area contributed by atoms with Crippen molar-refractivity contribution in [1.29, 1.82) is 0 Å². The van der Waals surface area contributed by atoms with Crippen LogP contribution in [0.25, 0.3) is 0 Å². The molecule has 0 bridgehead atoms. The molecule has 1 aromatic heterocycles. The number of amides is 1. The van der Waals surface area contributed by atoms with Gasteiger partial charge in [0.05, 0.1) is 17.0 Å². The summed E-state index contributed by atoms with van der Waals surface area (Å²) >= 11 is 11.7. The van der Waals surface area contributed by atoms with E-state index >= 15 is 0 Å². The van der Waals surface area contributed by atoms with E-state index in [9.17, 15) is 9.59 Å². The number of carbonyl (C=O) groups excluding carboxylic acids is 1. The molecular formula is C14H18Cl2N2O3. The molecule has 1 unspecified atom stereocenters. The van der Waals surface area contributed by atoms with Crippen molar-refractivity contribution in [2.24, 2.45) is 5.41 Å². The third kappa shape index (κ3) is 6.31. The van der Waals surface area contributed by atoms with Crippen molar-refractivity contribution in [2.75, 3.05) is 0 Å². The second kappa shape index (κ2) is 7.09. The van der Waals surface area contributed by atoms with Crippen molar-refractivity contribution in [1.82, 2.24) is 10.3 Å². The molecule has 1 amide bonds. The monoisotopic (exact) mass is 332 g/mol. The lowest BCUT2D eigenvalue weighted by Gasteiger charge is -2.26.